The highest BCUT2D eigenvalue weighted by atomic mass is 16.4. The molecule has 25 heavy (non-hydrogen) atoms. The molecule has 0 amide bonds. The summed E-state index contributed by atoms with van der Waals surface area (Å²) in [6, 6.07) is 0. The molecule has 0 aliphatic carbocycles. The largest absolute Gasteiger partial charge is 0.481 e. The van der Waals surface area contributed by atoms with Gasteiger partial charge in [-0.3, -0.25) is 4.79 Å². The molecule has 1 unspecified atom stereocenters. The van der Waals surface area contributed by atoms with Crippen molar-refractivity contribution >= 4 is 5.97 Å². The Kier molecular flexibility index (Phi) is 15.1. The van der Waals surface area contributed by atoms with Crippen LogP contribution in [0.2, 0.25) is 0 Å². The van der Waals surface area contributed by atoms with Crippen molar-refractivity contribution in [3.05, 3.63) is 36.5 Å². The smallest absolute Gasteiger partial charge is 0.303 e. The zero-order valence-corrected chi connectivity index (χ0v) is 15.3. The van der Waals surface area contributed by atoms with Crippen LogP contribution < -0.4 is 0 Å². The van der Waals surface area contributed by atoms with Crippen LogP contribution >= 0.6 is 0 Å². The number of rotatable bonds is 15. The minimum absolute atomic E-state index is 0.163. The van der Waals surface area contributed by atoms with E-state index in [-0.39, 0.29) is 6.42 Å². The van der Waals surface area contributed by atoms with Gasteiger partial charge in [-0.25, -0.2) is 0 Å². The summed E-state index contributed by atoms with van der Waals surface area (Å²) in [6.45, 7) is 2.15. The quantitative estimate of drug-likeness (QED) is 0.267. The number of aliphatic hydroxyl groups is 3. The zero-order valence-electron chi connectivity index (χ0n) is 15.3. The van der Waals surface area contributed by atoms with Crippen molar-refractivity contribution in [2.24, 2.45) is 0 Å². The highest BCUT2D eigenvalue weighted by Gasteiger charge is 2.21. The van der Waals surface area contributed by atoms with Crippen molar-refractivity contribution in [1.82, 2.24) is 0 Å². The number of hydrogen-bond acceptors (Lipinski definition) is 4. The van der Waals surface area contributed by atoms with Gasteiger partial charge in [-0.15, -0.1) is 0 Å². The third-order valence-electron chi connectivity index (χ3n) is 3.80. The second kappa shape index (κ2) is 16.1. The van der Waals surface area contributed by atoms with Gasteiger partial charge >= 0.3 is 5.97 Å². The van der Waals surface area contributed by atoms with Gasteiger partial charge in [0, 0.05) is 6.42 Å². The van der Waals surface area contributed by atoms with Gasteiger partial charge in [0.2, 0.25) is 0 Å². The Morgan fingerprint density at radius 1 is 0.920 bits per heavy atom. The van der Waals surface area contributed by atoms with Crippen LogP contribution in [0.15, 0.2) is 36.5 Å². The molecular weight excluding hydrogens is 320 g/mol. The van der Waals surface area contributed by atoms with Gasteiger partial charge in [0.25, 0.3) is 0 Å². The van der Waals surface area contributed by atoms with E-state index in [4.69, 9.17) is 5.11 Å². The van der Waals surface area contributed by atoms with E-state index in [0.29, 0.717) is 25.7 Å². The van der Waals surface area contributed by atoms with Crippen molar-refractivity contribution < 1.29 is 25.2 Å². The fourth-order valence-electron chi connectivity index (χ4n) is 2.23. The highest BCUT2D eigenvalue weighted by Crippen LogP contribution is 2.08. The monoisotopic (exact) mass is 354 g/mol. The molecular formula is C20H34O5. The van der Waals surface area contributed by atoms with E-state index in [9.17, 15) is 20.1 Å². The van der Waals surface area contributed by atoms with Crippen LogP contribution in [0.3, 0.4) is 0 Å². The van der Waals surface area contributed by atoms with Crippen LogP contribution in [0.1, 0.15) is 64.7 Å². The summed E-state index contributed by atoms with van der Waals surface area (Å²) < 4.78 is 0. The second-order valence-corrected chi connectivity index (χ2v) is 6.17. The summed E-state index contributed by atoms with van der Waals surface area (Å²) in [5.74, 6) is -0.792. The summed E-state index contributed by atoms with van der Waals surface area (Å²) >= 11 is 0. The average Bonchev–Trinajstić information content (AvgIpc) is 2.58. The topological polar surface area (TPSA) is 98.0 Å². The predicted molar refractivity (Wildman–Crippen MR) is 100 cm³/mol. The summed E-state index contributed by atoms with van der Waals surface area (Å²) in [5, 5.41) is 38.1. The molecule has 0 rings (SSSR count). The van der Waals surface area contributed by atoms with Gasteiger partial charge in [-0.1, -0.05) is 56.2 Å². The summed E-state index contributed by atoms with van der Waals surface area (Å²) in [5.41, 5.74) is 0. The van der Waals surface area contributed by atoms with Crippen LogP contribution in [-0.4, -0.2) is 44.7 Å². The zero-order chi connectivity index (χ0) is 18.9. The summed E-state index contributed by atoms with van der Waals surface area (Å²) in [4.78, 5) is 10.3. The van der Waals surface area contributed by atoms with Crippen LogP contribution in [0, 0.1) is 0 Å². The molecule has 0 aromatic carbocycles. The molecule has 0 saturated heterocycles. The number of unbranched alkanes of at least 4 members (excludes halogenated alkanes) is 4. The van der Waals surface area contributed by atoms with Gasteiger partial charge in [-0.05, 0) is 38.5 Å². The maximum atomic E-state index is 10.3. The van der Waals surface area contributed by atoms with Crippen molar-refractivity contribution in [3.8, 4) is 0 Å². The number of hydrogen-bond donors (Lipinski definition) is 4. The number of aliphatic carboxylic acids is 1. The predicted octanol–water partition coefficient (Wildman–Crippen LogP) is 3.35. The van der Waals surface area contributed by atoms with Gasteiger partial charge in [0.15, 0.2) is 0 Å². The fraction of sp³-hybridized carbons (Fsp3) is 0.650. The molecule has 144 valence electrons. The van der Waals surface area contributed by atoms with Crippen molar-refractivity contribution in [2.45, 2.75) is 83.0 Å². The maximum absolute atomic E-state index is 10.3. The molecule has 0 aliphatic heterocycles. The Labute approximate surface area is 151 Å². The van der Waals surface area contributed by atoms with Crippen LogP contribution in [0.5, 0.6) is 0 Å². The van der Waals surface area contributed by atoms with E-state index >= 15 is 0 Å². The Morgan fingerprint density at radius 3 is 2.28 bits per heavy atom. The molecule has 0 spiro atoms. The molecule has 4 N–H and O–H groups in total. The lowest BCUT2D eigenvalue weighted by molar-refractivity contribution is -0.137. The third-order valence-corrected chi connectivity index (χ3v) is 3.80. The molecule has 0 radical (unpaired) electrons. The number of aliphatic hydroxyl groups excluding tert-OH is 3. The maximum Gasteiger partial charge on any atom is 0.303 e. The minimum Gasteiger partial charge on any atom is -0.481 e. The van der Waals surface area contributed by atoms with Gasteiger partial charge < -0.3 is 20.4 Å². The first-order chi connectivity index (χ1) is 12.0. The van der Waals surface area contributed by atoms with E-state index in [2.05, 4.69) is 6.92 Å². The van der Waals surface area contributed by atoms with Gasteiger partial charge in [-0.2, -0.15) is 0 Å². The number of allylic oxidation sites excluding steroid dienone is 4. The molecule has 0 saturated carbocycles. The lowest BCUT2D eigenvalue weighted by Crippen LogP contribution is -2.35. The minimum atomic E-state index is -1.21. The van der Waals surface area contributed by atoms with E-state index in [0.717, 1.165) is 12.8 Å². The summed E-state index contributed by atoms with van der Waals surface area (Å²) in [6.07, 6.45) is 14.3. The SMILES string of the molecule is CCCCC/C=C\C[C@@H](O)[C@@H](O)C(O)/C=C\C/C=C\CCCC(=O)O. The first-order valence-electron chi connectivity index (χ1n) is 9.21. The average molecular weight is 354 g/mol. The number of carbonyl (C=O) groups is 1. The third kappa shape index (κ3) is 14.6. The van der Waals surface area contributed by atoms with Crippen LogP contribution in [0.25, 0.3) is 0 Å². The molecule has 0 bridgehead atoms. The lowest BCUT2D eigenvalue weighted by atomic mass is 10.0. The normalized spacial score (nSPS) is 16.0. The van der Waals surface area contributed by atoms with Gasteiger partial charge in [0.1, 0.15) is 12.2 Å². The fourth-order valence-corrected chi connectivity index (χ4v) is 2.23. The van der Waals surface area contributed by atoms with Crippen molar-refractivity contribution in [1.29, 1.82) is 0 Å². The van der Waals surface area contributed by atoms with E-state index in [1.165, 1.54) is 18.9 Å². The standard InChI is InChI=1S/C20H34O5/c1-2-3-4-5-8-11-14-17(21)20(25)18(22)15-12-9-6-7-10-13-16-19(23)24/h6-8,11-12,15,17-18,20-22,25H,2-5,9-10,13-14,16H2,1H3,(H,23,24)/b7-6-,11-8-,15-12-/t17-,18?,20-/m1/s1. The molecule has 3 atom stereocenters. The number of carboxylic acids is 1. The Morgan fingerprint density at radius 2 is 1.60 bits per heavy atom. The number of carboxylic acid groups (broad SMARTS) is 1. The molecule has 0 heterocycles. The Bertz CT molecular complexity index is 414. The molecule has 0 aromatic rings. The Hall–Kier alpha value is -1.43. The molecule has 0 aliphatic rings. The second-order valence-electron chi connectivity index (χ2n) is 6.17. The van der Waals surface area contributed by atoms with Crippen LogP contribution in [0.4, 0.5) is 0 Å². The first-order valence-corrected chi connectivity index (χ1v) is 9.21. The van der Waals surface area contributed by atoms with E-state index in [1.807, 2.05) is 24.3 Å². The van der Waals surface area contributed by atoms with Crippen LogP contribution in [-0.2, 0) is 4.79 Å². The molecule has 5 nitrogen and oxygen atoms in total. The summed E-state index contributed by atoms with van der Waals surface area (Å²) in [7, 11) is 0. The van der Waals surface area contributed by atoms with E-state index in [1.54, 1.807) is 6.08 Å². The highest BCUT2D eigenvalue weighted by molar-refractivity contribution is 5.66. The van der Waals surface area contributed by atoms with Gasteiger partial charge in [0.05, 0.1) is 6.10 Å². The molecule has 0 fully saturated rings. The molecule has 5 heteroatoms. The van der Waals surface area contributed by atoms with Crippen molar-refractivity contribution in [2.75, 3.05) is 0 Å². The Balaban J connectivity index is 3.92. The van der Waals surface area contributed by atoms with Crippen molar-refractivity contribution in [3.63, 3.8) is 0 Å². The molecule has 0 aromatic heterocycles. The van der Waals surface area contributed by atoms with E-state index < -0.39 is 24.3 Å². The first kappa shape index (κ1) is 23.6. The lowest BCUT2D eigenvalue weighted by Gasteiger charge is -2.19.